The molecule has 0 radical (unpaired) electrons. The lowest BCUT2D eigenvalue weighted by molar-refractivity contribution is 0.0821. The normalized spacial score (nSPS) is 20.2. The Morgan fingerprint density at radius 2 is 2.05 bits per heavy atom. The molecule has 0 aliphatic carbocycles. The number of nitrogens with one attached hydrogen (secondary N) is 1. The maximum atomic E-state index is 5.70. The van der Waals surface area contributed by atoms with E-state index in [1.54, 1.807) is 0 Å². The van der Waals surface area contributed by atoms with E-state index in [0.29, 0.717) is 12.0 Å². The second-order valence-corrected chi connectivity index (χ2v) is 6.17. The van der Waals surface area contributed by atoms with E-state index in [1.165, 1.54) is 11.3 Å². The van der Waals surface area contributed by atoms with Gasteiger partial charge in [0.15, 0.2) is 0 Å². The van der Waals surface area contributed by atoms with Crippen LogP contribution in [-0.4, -0.2) is 32.3 Å². The van der Waals surface area contributed by atoms with Gasteiger partial charge in [0.1, 0.15) is 0 Å². The highest BCUT2D eigenvalue weighted by Crippen LogP contribution is 2.18. The zero-order chi connectivity index (χ0) is 14.4. The summed E-state index contributed by atoms with van der Waals surface area (Å²) >= 11 is 0. The Labute approximate surface area is 123 Å². The third-order valence-electron chi connectivity index (χ3n) is 3.64. The minimum absolute atomic E-state index is 0.324. The van der Waals surface area contributed by atoms with Gasteiger partial charge in [0.25, 0.3) is 0 Å². The molecule has 0 spiro atoms. The van der Waals surface area contributed by atoms with Crippen LogP contribution in [0.25, 0.3) is 0 Å². The summed E-state index contributed by atoms with van der Waals surface area (Å²) in [6, 6.07) is 8.95. The number of benzene rings is 1. The predicted molar refractivity (Wildman–Crippen MR) is 85.2 cm³/mol. The number of anilines is 1. The lowest BCUT2D eigenvalue weighted by atomic mass is 10.1. The maximum Gasteiger partial charge on any atom is 0.0721 e. The van der Waals surface area contributed by atoms with Gasteiger partial charge < -0.3 is 15.0 Å². The van der Waals surface area contributed by atoms with E-state index < -0.39 is 0 Å². The van der Waals surface area contributed by atoms with Crippen molar-refractivity contribution in [2.45, 2.75) is 39.8 Å². The average Bonchev–Trinajstić information content (AvgIpc) is 2.64. The van der Waals surface area contributed by atoms with Crippen LogP contribution in [0, 0.1) is 5.92 Å². The second kappa shape index (κ2) is 7.65. The Balaban J connectivity index is 1.90. The molecule has 3 heteroatoms. The zero-order valence-electron chi connectivity index (χ0n) is 13.1. The molecule has 1 aromatic carbocycles. The van der Waals surface area contributed by atoms with Gasteiger partial charge in [-0.05, 0) is 43.5 Å². The lowest BCUT2D eigenvalue weighted by Gasteiger charge is -2.24. The van der Waals surface area contributed by atoms with E-state index in [4.69, 9.17) is 4.74 Å². The molecule has 1 aliphatic rings. The highest BCUT2D eigenvalue weighted by atomic mass is 16.5. The van der Waals surface area contributed by atoms with E-state index in [-0.39, 0.29) is 0 Å². The zero-order valence-corrected chi connectivity index (χ0v) is 13.1. The quantitative estimate of drug-likeness (QED) is 0.894. The Hall–Kier alpha value is -1.06. The molecule has 1 N–H and O–H groups in total. The number of ether oxygens (including phenoxy) is 1. The van der Waals surface area contributed by atoms with Crippen molar-refractivity contribution in [3.8, 4) is 0 Å². The van der Waals surface area contributed by atoms with Crippen LogP contribution >= 0.6 is 0 Å². The van der Waals surface area contributed by atoms with Crippen molar-refractivity contribution in [2.75, 3.05) is 31.1 Å². The van der Waals surface area contributed by atoms with Gasteiger partial charge in [-0.1, -0.05) is 26.0 Å². The van der Waals surface area contributed by atoms with Gasteiger partial charge >= 0.3 is 0 Å². The number of rotatable bonds is 5. The SMILES string of the molecule is CC(C)CNCc1ccc(N2CCCOC(C)C2)cc1. The van der Waals surface area contributed by atoms with Crippen molar-refractivity contribution in [3.05, 3.63) is 29.8 Å². The molecule has 0 saturated carbocycles. The fraction of sp³-hybridized carbons (Fsp3) is 0.647. The maximum absolute atomic E-state index is 5.70. The Kier molecular flexibility index (Phi) is 5.86. The summed E-state index contributed by atoms with van der Waals surface area (Å²) in [7, 11) is 0. The van der Waals surface area contributed by atoms with Crippen LogP contribution in [0.2, 0.25) is 0 Å². The van der Waals surface area contributed by atoms with E-state index in [0.717, 1.165) is 39.2 Å². The van der Waals surface area contributed by atoms with Gasteiger partial charge in [-0.25, -0.2) is 0 Å². The fourth-order valence-corrected chi connectivity index (χ4v) is 2.56. The van der Waals surface area contributed by atoms with Crippen LogP contribution in [0.4, 0.5) is 5.69 Å². The molecule has 112 valence electrons. The highest BCUT2D eigenvalue weighted by Gasteiger charge is 2.15. The fourth-order valence-electron chi connectivity index (χ4n) is 2.56. The van der Waals surface area contributed by atoms with E-state index in [1.807, 2.05) is 0 Å². The molecule has 20 heavy (non-hydrogen) atoms. The standard InChI is InChI=1S/C17H28N2O/c1-14(2)11-18-12-16-5-7-17(8-6-16)19-9-4-10-20-15(3)13-19/h5-8,14-15,18H,4,9-13H2,1-3H3. The molecule has 1 saturated heterocycles. The van der Waals surface area contributed by atoms with Crippen molar-refractivity contribution in [1.29, 1.82) is 0 Å². The van der Waals surface area contributed by atoms with Gasteiger partial charge in [0, 0.05) is 31.9 Å². The molecule has 1 unspecified atom stereocenters. The van der Waals surface area contributed by atoms with Crippen molar-refractivity contribution in [1.82, 2.24) is 5.32 Å². The first-order valence-corrected chi connectivity index (χ1v) is 7.81. The highest BCUT2D eigenvalue weighted by molar-refractivity contribution is 5.47. The Morgan fingerprint density at radius 1 is 1.30 bits per heavy atom. The largest absolute Gasteiger partial charge is 0.377 e. The summed E-state index contributed by atoms with van der Waals surface area (Å²) in [6.45, 7) is 11.6. The van der Waals surface area contributed by atoms with Gasteiger partial charge in [-0.15, -0.1) is 0 Å². The topological polar surface area (TPSA) is 24.5 Å². The van der Waals surface area contributed by atoms with Crippen LogP contribution in [-0.2, 0) is 11.3 Å². The van der Waals surface area contributed by atoms with Crippen LogP contribution in [0.1, 0.15) is 32.8 Å². The smallest absolute Gasteiger partial charge is 0.0721 e. The van der Waals surface area contributed by atoms with Crippen LogP contribution in [0.15, 0.2) is 24.3 Å². The molecule has 1 fully saturated rings. The van der Waals surface area contributed by atoms with Crippen molar-refractivity contribution in [3.63, 3.8) is 0 Å². The van der Waals surface area contributed by atoms with Crippen molar-refractivity contribution < 1.29 is 4.74 Å². The number of hydrogen-bond donors (Lipinski definition) is 1. The Bertz CT molecular complexity index is 388. The summed E-state index contributed by atoms with van der Waals surface area (Å²) < 4.78 is 5.70. The van der Waals surface area contributed by atoms with E-state index >= 15 is 0 Å². The summed E-state index contributed by atoms with van der Waals surface area (Å²) in [5, 5.41) is 3.48. The third kappa shape index (κ3) is 4.80. The lowest BCUT2D eigenvalue weighted by Crippen LogP contribution is -2.30. The summed E-state index contributed by atoms with van der Waals surface area (Å²) in [4.78, 5) is 2.43. The molecule has 1 heterocycles. The summed E-state index contributed by atoms with van der Waals surface area (Å²) in [6.07, 6.45) is 1.44. The first-order valence-electron chi connectivity index (χ1n) is 7.81. The molecular weight excluding hydrogens is 248 g/mol. The molecule has 1 atom stereocenters. The first-order chi connectivity index (χ1) is 9.65. The predicted octanol–water partition coefficient (Wildman–Crippen LogP) is 3.05. The van der Waals surface area contributed by atoms with Crippen molar-refractivity contribution in [2.24, 2.45) is 5.92 Å². The minimum Gasteiger partial charge on any atom is -0.377 e. The van der Waals surface area contributed by atoms with Gasteiger partial charge in [-0.3, -0.25) is 0 Å². The van der Waals surface area contributed by atoms with Gasteiger partial charge in [0.05, 0.1) is 6.10 Å². The van der Waals surface area contributed by atoms with Gasteiger partial charge in [0.2, 0.25) is 0 Å². The van der Waals surface area contributed by atoms with E-state index in [2.05, 4.69) is 55.3 Å². The molecule has 0 bridgehead atoms. The van der Waals surface area contributed by atoms with E-state index in [9.17, 15) is 0 Å². The molecule has 1 aromatic rings. The monoisotopic (exact) mass is 276 g/mol. The minimum atomic E-state index is 0.324. The van der Waals surface area contributed by atoms with Crippen LogP contribution in [0.5, 0.6) is 0 Å². The van der Waals surface area contributed by atoms with Crippen molar-refractivity contribution >= 4 is 5.69 Å². The second-order valence-electron chi connectivity index (χ2n) is 6.17. The number of nitrogens with zero attached hydrogens (tertiary/aromatic N) is 1. The summed E-state index contributed by atoms with van der Waals surface area (Å²) in [5.41, 5.74) is 2.67. The molecule has 3 nitrogen and oxygen atoms in total. The Morgan fingerprint density at radius 3 is 2.75 bits per heavy atom. The molecule has 2 rings (SSSR count). The van der Waals surface area contributed by atoms with Crippen LogP contribution < -0.4 is 10.2 Å². The molecular formula is C17H28N2O. The van der Waals surface area contributed by atoms with Gasteiger partial charge in [-0.2, -0.15) is 0 Å². The molecule has 0 aromatic heterocycles. The average molecular weight is 276 g/mol. The van der Waals surface area contributed by atoms with Crippen LogP contribution in [0.3, 0.4) is 0 Å². The first kappa shape index (κ1) is 15.3. The summed E-state index contributed by atoms with van der Waals surface area (Å²) in [5.74, 6) is 0.702. The number of hydrogen-bond acceptors (Lipinski definition) is 3. The molecule has 0 amide bonds. The molecule has 1 aliphatic heterocycles. The third-order valence-corrected chi connectivity index (χ3v) is 3.64.